The minimum Gasteiger partial charge on any atom is -0.469 e. The fourth-order valence-electron chi connectivity index (χ4n) is 4.57. The maximum Gasteiger partial charge on any atom is 0.209 e. The normalized spacial score (nSPS) is 21.0. The largest absolute Gasteiger partial charge is 0.469 e. The quantitative estimate of drug-likeness (QED) is 0.555. The molecule has 142 valence electrons. The van der Waals surface area contributed by atoms with Crippen molar-refractivity contribution in [3.8, 4) is 0 Å². The number of pyridine rings is 1. The van der Waals surface area contributed by atoms with E-state index in [-0.39, 0.29) is 17.7 Å². The van der Waals surface area contributed by atoms with E-state index in [1.807, 2.05) is 54.6 Å². The number of imidazole rings is 1. The average molecular weight is 382 g/mol. The topological polar surface area (TPSA) is 73.0 Å². The van der Waals surface area contributed by atoms with E-state index in [4.69, 9.17) is 9.40 Å². The number of hydrogen-bond donors (Lipinski definition) is 1. The Bertz CT molecular complexity index is 1250. The average Bonchev–Trinajstić information content (AvgIpc) is 3.40. The molecule has 6 nitrogen and oxygen atoms in total. The molecule has 0 saturated carbocycles. The fourth-order valence-corrected chi connectivity index (χ4v) is 4.57. The summed E-state index contributed by atoms with van der Waals surface area (Å²) < 4.78 is 7.69. The highest BCUT2D eigenvalue weighted by Crippen LogP contribution is 2.45. The molecule has 1 aliphatic carbocycles. The van der Waals surface area contributed by atoms with Gasteiger partial charge in [-0.05, 0) is 42.8 Å². The number of carbonyl (C=O) groups excluding carboxylic acids is 1. The summed E-state index contributed by atoms with van der Waals surface area (Å²) in [6.45, 7) is 0. The molecule has 6 rings (SSSR count). The minimum atomic E-state index is -0.292. The van der Waals surface area contributed by atoms with Crippen LogP contribution in [0, 0.1) is 0 Å². The Balaban J connectivity index is 1.56. The monoisotopic (exact) mass is 382 g/mol. The SMILES string of the molecule is O=C1C[C@H](c2ccco2)CC2=C1[C@@H](c1ccccn1)n1c(nc3ccccc31)N2. The highest BCUT2D eigenvalue weighted by atomic mass is 16.3. The van der Waals surface area contributed by atoms with Gasteiger partial charge in [-0.25, -0.2) is 4.98 Å². The Morgan fingerprint density at radius 2 is 1.93 bits per heavy atom. The van der Waals surface area contributed by atoms with E-state index in [1.165, 1.54) is 0 Å². The van der Waals surface area contributed by atoms with Crippen LogP contribution in [-0.4, -0.2) is 20.3 Å². The van der Waals surface area contributed by atoms with Crippen LogP contribution in [0.2, 0.25) is 0 Å². The number of nitrogens with zero attached hydrogens (tertiary/aromatic N) is 3. The zero-order valence-electron chi connectivity index (χ0n) is 15.6. The molecule has 6 heteroatoms. The molecule has 0 spiro atoms. The first-order chi connectivity index (χ1) is 14.3. The molecule has 4 heterocycles. The van der Waals surface area contributed by atoms with Gasteiger partial charge in [-0.15, -0.1) is 0 Å². The van der Waals surface area contributed by atoms with Crippen LogP contribution in [0.25, 0.3) is 11.0 Å². The molecule has 1 N–H and O–H groups in total. The van der Waals surface area contributed by atoms with Crippen LogP contribution >= 0.6 is 0 Å². The molecule has 1 aromatic carbocycles. The lowest BCUT2D eigenvalue weighted by Crippen LogP contribution is -2.33. The van der Waals surface area contributed by atoms with Gasteiger partial charge >= 0.3 is 0 Å². The van der Waals surface area contributed by atoms with E-state index < -0.39 is 0 Å². The van der Waals surface area contributed by atoms with Gasteiger partial charge < -0.3 is 9.73 Å². The molecule has 0 fully saturated rings. The highest BCUT2D eigenvalue weighted by molar-refractivity contribution is 6.00. The molecule has 0 amide bonds. The third-order valence-electron chi connectivity index (χ3n) is 5.81. The Morgan fingerprint density at radius 3 is 2.76 bits per heavy atom. The standard InChI is InChI=1S/C23H18N4O2/c28-19-13-14(20-9-5-11-29-20)12-17-21(19)22(16-7-3-4-10-24-16)27-18-8-2-1-6-15(18)25-23(27)26-17/h1-11,14,22H,12-13H2,(H,25,26)/t14-,22-/m1/s1. The molecule has 2 atom stereocenters. The van der Waals surface area contributed by atoms with Crippen LogP contribution in [0.5, 0.6) is 0 Å². The van der Waals surface area contributed by atoms with Gasteiger partial charge in [0.2, 0.25) is 5.95 Å². The lowest BCUT2D eigenvalue weighted by molar-refractivity contribution is -0.116. The van der Waals surface area contributed by atoms with E-state index in [0.29, 0.717) is 12.8 Å². The van der Waals surface area contributed by atoms with Gasteiger partial charge in [0.05, 0.1) is 23.0 Å². The van der Waals surface area contributed by atoms with Crippen molar-refractivity contribution in [1.29, 1.82) is 0 Å². The third-order valence-corrected chi connectivity index (χ3v) is 5.81. The fraction of sp³-hybridized carbons (Fsp3) is 0.174. The van der Waals surface area contributed by atoms with Crippen molar-refractivity contribution < 1.29 is 9.21 Å². The van der Waals surface area contributed by atoms with Crippen LogP contribution < -0.4 is 5.32 Å². The van der Waals surface area contributed by atoms with E-state index in [2.05, 4.69) is 14.9 Å². The van der Waals surface area contributed by atoms with Gasteiger partial charge in [-0.3, -0.25) is 14.3 Å². The Hall–Kier alpha value is -3.67. The number of ketones is 1. The van der Waals surface area contributed by atoms with Crippen LogP contribution in [-0.2, 0) is 4.79 Å². The summed E-state index contributed by atoms with van der Waals surface area (Å²) in [6.07, 6.45) is 4.57. The lowest BCUT2D eigenvalue weighted by Gasteiger charge is -2.35. The van der Waals surface area contributed by atoms with Gasteiger partial charge in [0.1, 0.15) is 11.8 Å². The van der Waals surface area contributed by atoms with Crippen LogP contribution in [0.15, 0.2) is 82.7 Å². The number of allylic oxidation sites excluding steroid dienone is 2. The van der Waals surface area contributed by atoms with Crippen molar-refractivity contribution in [2.75, 3.05) is 5.32 Å². The molecule has 1 aliphatic heterocycles. The first kappa shape index (κ1) is 16.3. The number of para-hydroxylation sites is 2. The van der Waals surface area contributed by atoms with E-state index >= 15 is 0 Å². The number of rotatable bonds is 2. The summed E-state index contributed by atoms with van der Waals surface area (Å²) in [5, 5.41) is 3.45. The van der Waals surface area contributed by atoms with Crippen LogP contribution in [0.4, 0.5) is 5.95 Å². The maximum atomic E-state index is 13.4. The number of carbonyl (C=O) groups is 1. The van der Waals surface area contributed by atoms with Crippen molar-refractivity contribution in [3.63, 3.8) is 0 Å². The highest BCUT2D eigenvalue weighted by Gasteiger charge is 2.40. The number of furan rings is 1. The molecular formula is C23H18N4O2. The lowest BCUT2D eigenvalue weighted by atomic mass is 9.80. The Kier molecular flexibility index (Phi) is 3.47. The first-order valence-electron chi connectivity index (χ1n) is 9.74. The van der Waals surface area contributed by atoms with Gasteiger partial charge in [0, 0.05) is 29.8 Å². The Morgan fingerprint density at radius 1 is 1.03 bits per heavy atom. The molecular weight excluding hydrogens is 364 g/mol. The predicted molar refractivity (Wildman–Crippen MR) is 108 cm³/mol. The minimum absolute atomic E-state index is 0.0315. The van der Waals surface area contributed by atoms with Crippen molar-refractivity contribution in [3.05, 3.63) is 89.8 Å². The molecule has 29 heavy (non-hydrogen) atoms. The summed E-state index contributed by atoms with van der Waals surface area (Å²) in [5.74, 6) is 1.75. The van der Waals surface area contributed by atoms with Gasteiger partial charge in [0.25, 0.3) is 0 Å². The summed E-state index contributed by atoms with van der Waals surface area (Å²) in [6, 6.07) is 17.3. The second-order valence-corrected chi connectivity index (χ2v) is 7.51. The van der Waals surface area contributed by atoms with Crippen molar-refractivity contribution in [2.45, 2.75) is 24.8 Å². The number of benzene rings is 1. The third kappa shape index (κ3) is 2.45. The smallest absolute Gasteiger partial charge is 0.209 e. The van der Waals surface area contributed by atoms with E-state index in [0.717, 1.165) is 39.7 Å². The Labute approximate surface area is 166 Å². The van der Waals surface area contributed by atoms with Gasteiger partial charge in [-0.2, -0.15) is 0 Å². The number of anilines is 1. The molecule has 0 bridgehead atoms. The van der Waals surface area contributed by atoms with Gasteiger partial charge in [-0.1, -0.05) is 18.2 Å². The molecule has 4 aromatic rings. The number of Topliss-reactive ketones (excluding diaryl/α,β-unsaturated/α-hetero) is 1. The predicted octanol–water partition coefficient (Wildman–Crippen LogP) is 4.44. The first-order valence-corrected chi connectivity index (χ1v) is 9.74. The second kappa shape index (κ2) is 6.17. The number of hydrogen-bond acceptors (Lipinski definition) is 5. The van der Waals surface area contributed by atoms with Crippen LogP contribution in [0.1, 0.15) is 36.3 Å². The molecule has 0 radical (unpaired) electrons. The zero-order valence-corrected chi connectivity index (χ0v) is 15.6. The number of aromatic nitrogens is 3. The van der Waals surface area contributed by atoms with E-state index in [9.17, 15) is 4.79 Å². The summed E-state index contributed by atoms with van der Waals surface area (Å²) in [5.41, 5.74) is 4.42. The summed E-state index contributed by atoms with van der Waals surface area (Å²) in [4.78, 5) is 22.8. The van der Waals surface area contributed by atoms with Crippen molar-refractivity contribution in [1.82, 2.24) is 14.5 Å². The van der Waals surface area contributed by atoms with Crippen molar-refractivity contribution in [2.24, 2.45) is 0 Å². The number of nitrogens with one attached hydrogen (secondary N) is 1. The van der Waals surface area contributed by atoms with Crippen molar-refractivity contribution >= 4 is 22.8 Å². The van der Waals surface area contributed by atoms with Crippen LogP contribution in [0.3, 0.4) is 0 Å². The summed E-state index contributed by atoms with van der Waals surface area (Å²) in [7, 11) is 0. The second-order valence-electron chi connectivity index (χ2n) is 7.51. The zero-order chi connectivity index (χ0) is 19.4. The molecule has 3 aromatic heterocycles. The maximum absolute atomic E-state index is 13.4. The molecule has 2 aliphatic rings. The molecule has 0 saturated heterocycles. The van der Waals surface area contributed by atoms with E-state index in [1.54, 1.807) is 12.5 Å². The number of fused-ring (bicyclic) bond motifs is 3. The van der Waals surface area contributed by atoms with Gasteiger partial charge in [0.15, 0.2) is 5.78 Å². The molecule has 0 unspecified atom stereocenters. The summed E-state index contributed by atoms with van der Waals surface area (Å²) >= 11 is 0.